The Morgan fingerprint density at radius 1 is 1.38 bits per heavy atom. The van der Waals surface area contributed by atoms with Crippen LogP contribution in [0, 0.1) is 0 Å². The van der Waals surface area contributed by atoms with Crippen LogP contribution in [0.5, 0.6) is 0 Å². The molecule has 4 heteroatoms. The van der Waals surface area contributed by atoms with Crippen molar-refractivity contribution >= 4 is 11.5 Å². The molecule has 112 valence electrons. The summed E-state index contributed by atoms with van der Waals surface area (Å²) in [5, 5.41) is 9.52. The third kappa shape index (κ3) is 3.95. The van der Waals surface area contributed by atoms with Crippen LogP contribution in [0.25, 0.3) is 5.57 Å². The highest BCUT2D eigenvalue weighted by Gasteiger charge is 2.20. The number of aliphatic hydroxyl groups excluding tert-OH is 1. The first-order valence-electron chi connectivity index (χ1n) is 7.04. The third-order valence-corrected chi connectivity index (χ3v) is 3.47. The highest BCUT2D eigenvalue weighted by Crippen LogP contribution is 2.25. The lowest BCUT2D eigenvalue weighted by atomic mass is 9.99. The Morgan fingerprint density at radius 3 is 2.81 bits per heavy atom. The summed E-state index contributed by atoms with van der Waals surface area (Å²) < 4.78 is 10.2. The van der Waals surface area contributed by atoms with E-state index >= 15 is 0 Å². The molecule has 1 aliphatic heterocycles. The van der Waals surface area contributed by atoms with Gasteiger partial charge in [0, 0.05) is 0 Å². The van der Waals surface area contributed by atoms with Gasteiger partial charge in [-0.25, -0.2) is 4.79 Å². The summed E-state index contributed by atoms with van der Waals surface area (Å²) in [5.41, 5.74) is 2.75. The molecule has 0 bridgehead atoms. The first-order chi connectivity index (χ1) is 10.3. The number of aliphatic hydroxyl groups is 1. The zero-order valence-corrected chi connectivity index (χ0v) is 12.2. The number of carbonyl (C=O) groups excluding carboxylic acids is 1. The van der Waals surface area contributed by atoms with Gasteiger partial charge in [-0.2, -0.15) is 0 Å². The van der Waals surface area contributed by atoms with Crippen molar-refractivity contribution in [1.82, 2.24) is 0 Å². The van der Waals surface area contributed by atoms with Crippen molar-refractivity contribution in [2.45, 2.75) is 19.3 Å². The second-order valence-corrected chi connectivity index (χ2v) is 4.83. The number of esters is 1. The molecular formula is C17H20O4. The number of rotatable bonds is 5. The molecule has 1 aliphatic rings. The van der Waals surface area contributed by atoms with Crippen molar-refractivity contribution in [2.75, 3.05) is 20.3 Å². The molecule has 0 spiro atoms. The number of ether oxygens (including phenoxy) is 2. The smallest absolute Gasteiger partial charge is 0.373 e. The van der Waals surface area contributed by atoms with E-state index in [1.165, 1.54) is 7.11 Å². The maximum Gasteiger partial charge on any atom is 0.373 e. The Labute approximate surface area is 124 Å². The van der Waals surface area contributed by atoms with E-state index in [1.54, 1.807) is 0 Å². The average Bonchev–Trinajstić information content (AvgIpc) is 2.56. The quantitative estimate of drug-likeness (QED) is 0.846. The normalized spacial score (nSPS) is 15.6. The zero-order valence-electron chi connectivity index (χ0n) is 12.2. The van der Waals surface area contributed by atoms with Gasteiger partial charge in [0.15, 0.2) is 0 Å². The maximum atomic E-state index is 11.7. The molecule has 1 aromatic carbocycles. The van der Waals surface area contributed by atoms with E-state index in [2.05, 4.69) is 0 Å². The maximum absolute atomic E-state index is 11.7. The summed E-state index contributed by atoms with van der Waals surface area (Å²) in [4.78, 5) is 11.7. The van der Waals surface area contributed by atoms with Gasteiger partial charge in [0.25, 0.3) is 0 Å². The van der Waals surface area contributed by atoms with E-state index in [-0.39, 0.29) is 6.61 Å². The summed E-state index contributed by atoms with van der Waals surface area (Å²) in [5.74, 6) is -0.103. The molecule has 4 nitrogen and oxygen atoms in total. The summed E-state index contributed by atoms with van der Waals surface area (Å²) in [6.07, 6.45) is 4.23. The Hall–Kier alpha value is -2.07. The molecule has 0 saturated carbocycles. The molecule has 1 N–H and O–H groups in total. The highest BCUT2D eigenvalue weighted by atomic mass is 16.6. The van der Waals surface area contributed by atoms with Crippen molar-refractivity contribution in [1.29, 1.82) is 0 Å². The molecule has 0 fully saturated rings. The van der Waals surface area contributed by atoms with Gasteiger partial charge in [-0.1, -0.05) is 36.4 Å². The Kier molecular flexibility index (Phi) is 5.58. The van der Waals surface area contributed by atoms with E-state index in [4.69, 9.17) is 9.47 Å². The predicted octanol–water partition coefficient (Wildman–Crippen LogP) is 2.69. The first kappa shape index (κ1) is 15.3. The van der Waals surface area contributed by atoms with Crippen LogP contribution in [0.4, 0.5) is 0 Å². The third-order valence-electron chi connectivity index (χ3n) is 3.47. The molecule has 0 aromatic heterocycles. The number of hydrogen-bond donors (Lipinski definition) is 1. The Bertz CT molecular complexity index is 543. The number of hydrogen-bond acceptors (Lipinski definition) is 4. The van der Waals surface area contributed by atoms with Crippen LogP contribution in [0.1, 0.15) is 24.8 Å². The van der Waals surface area contributed by atoms with Gasteiger partial charge in [0.05, 0.1) is 20.3 Å². The molecule has 0 aliphatic carbocycles. The summed E-state index contributed by atoms with van der Waals surface area (Å²) in [6.45, 7) is 0.509. The van der Waals surface area contributed by atoms with Crippen molar-refractivity contribution in [3.05, 3.63) is 53.3 Å². The van der Waals surface area contributed by atoms with Gasteiger partial charge < -0.3 is 14.6 Å². The van der Waals surface area contributed by atoms with Crippen LogP contribution >= 0.6 is 0 Å². The number of benzene rings is 1. The van der Waals surface area contributed by atoms with Crippen LogP contribution in [0.15, 0.2) is 47.7 Å². The zero-order chi connectivity index (χ0) is 15.1. The Balaban J connectivity index is 2.20. The van der Waals surface area contributed by atoms with Crippen LogP contribution < -0.4 is 0 Å². The summed E-state index contributed by atoms with van der Waals surface area (Å²) in [6, 6.07) is 9.71. The molecule has 0 saturated heterocycles. The molecule has 0 unspecified atom stereocenters. The molecular weight excluding hydrogens is 268 g/mol. The average molecular weight is 288 g/mol. The molecule has 0 amide bonds. The highest BCUT2D eigenvalue weighted by molar-refractivity contribution is 5.87. The monoisotopic (exact) mass is 288 g/mol. The van der Waals surface area contributed by atoms with Crippen molar-refractivity contribution < 1.29 is 19.4 Å². The van der Waals surface area contributed by atoms with E-state index in [1.807, 2.05) is 36.4 Å². The molecule has 21 heavy (non-hydrogen) atoms. The predicted molar refractivity (Wildman–Crippen MR) is 80.3 cm³/mol. The standard InChI is InChI=1S/C17H20O4/c1-20-17(19)16-14(8-5-11-21-16)9-10-15(12-18)13-6-3-2-4-7-13/h2-4,6-7,10,18H,5,8-9,11-12H2,1H3/b15-10+. The van der Waals surface area contributed by atoms with E-state index in [0.29, 0.717) is 18.8 Å². The second kappa shape index (κ2) is 7.64. The minimum atomic E-state index is -0.427. The number of carbonyl (C=O) groups is 1. The van der Waals surface area contributed by atoms with Crippen LogP contribution in [0.3, 0.4) is 0 Å². The summed E-state index contributed by atoms with van der Waals surface area (Å²) >= 11 is 0. The molecule has 1 heterocycles. The molecule has 0 radical (unpaired) electrons. The van der Waals surface area contributed by atoms with E-state index in [0.717, 1.165) is 29.6 Å². The van der Waals surface area contributed by atoms with Gasteiger partial charge in [-0.05, 0) is 36.0 Å². The fourth-order valence-corrected chi connectivity index (χ4v) is 2.34. The molecule has 2 rings (SSSR count). The van der Waals surface area contributed by atoms with Crippen molar-refractivity contribution in [3.8, 4) is 0 Å². The van der Waals surface area contributed by atoms with Gasteiger partial charge in [-0.3, -0.25) is 0 Å². The lowest BCUT2D eigenvalue weighted by Crippen LogP contribution is -2.16. The second-order valence-electron chi connectivity index (χ2n) is 4.83. The minimum absolute atomic E-state index is 0.0360. The van der Waals surface area contributed by atoms with Crippen molar-refractivity contribution in [3.63, 3.8) is 0 Å². The molecule has 0 atom stereocenters. The lowest BCUT2D eigenvalue weighted by Gasteiger charge is -2.19. The van der Waals surface area contributed by atoms with E-state index < -0.39 is 5.97 Å². The Morgan fingerprint density at radius 2 is 2.14 bits per heavy atom. The summed E-state index contributed by atoms with van der Waals surface area (Å²) in [7, 11) is 1.35. The van der Waals surface area contributed by atoms with Gasteiger partial charge >= 0.3 is 5.97 Å². The van der Waals surface area contributed by atoms with Crippen LogP contribution in [-0.4, -0.2) is 31.4 Å². The number of methoxy groups -OCH3 is 1. The largest absolute Gasteiger partial charge is 0.487 e. The van der Waals surface area contributed by atoms with E-state index in [9.17, 15) is 9.90 Å². The topological polar surface area (TPSA) is 55.8 Å². The van der Waals surface area contributed by atoms with Gasteiger partial charge in [0.1, 0.15) is 0 Å². The number of allylic oxidation sites excluding steroid dienone is 2. The lowest BCUT2D eigenvalue weighted by molar-refractivity contribution is -0.140. The SMILES string of the molecule is COC(=O)C1=C(C/C=C(\CO)c2ccccc2)CCCO1. The fourth-order valence-electron chi connectivity index (χ4n) is 2.34. The molecule has 1 aromatic rings. The van der Waals surface area contributed by atoms with Crippen LogP contribution in [0.2, 0.25) is 0 Å². The van der Waals surface area contributed by atoms with Gasteiger partial charge in [-0.15, -0.1) is 0 Å². The fraction of sp³-hybridized carbons (Fsp3) is 0.353. The first-order valence-corrected chi connectivity index (χ1v) is 7.04. The minimum Gasteiger partial charge on any atom is -0.487 e. The van der Waals surface area contributed by atoms with Crippen LogP contribution in [-0.2, 0) is 14.3 Å². The van der Waals surface area contributed by atoms with Crippen molar-refractivity contribution in [2.24, 2.45) is 0 Å². The van der Waals surface area contributed by atoms with Gasteiger partial charge in [0.2, 0.25) is 5.76 Å².